The van der Waals surface area contributed by atoms with Crippen molar-refractivity contribution in [2.75, 3.05) is 27.3 Å². The Bertz CT molecular complexity index is 330. The summed E-state index contributed by atoms with van der Waals surface area (Å²) >= 11 is 0. The molecule has 1 aliphatic rings. The van der Waals surface area contributed by atoms with Crippen molar-refractivity contribution in [3.8, 4) is 0 Å². The molecule has 0 saturated carbocycles. The van der Waals surface area contributed by atoms with Gasteiger partial charge in [0.05, 0.1) is 12.7 Å². The molecule has 2 amide bonds. The fourth-order valence-corrected chi connectivity index (χ4v) is 1.40. The van der Waals surface area contributed by atoms with Gasteiger partial charge in [-0.25, -0.2) is 5.01 Å². The highest BCUT2D eigenvalue weighted by Crippen LogP contribution is 2.06. The molecule has 0 spiro atoms. The summed E-state index contributed by atoms with van der Waals surface area (Å²) in [7, 11) is 2.98. The molecular formula is C10H17N3O4. The number of hydrazone groups is 1. The molecule has 0 saturated heterocycles. The zero-order chi connectivity index (χ0) is 12.8. The van der Waals surface area contributed by atoms with E-state index in [4.69, 9.17) is 4.74 Å². The first-order valence-electron chi connectivity index (χ1n) is 5.33. The average Bonchev–Trinajstić information content (AvgIpc) is 2.30. The number of nitrogens with one attached hydrogen (secondary N) is 1. The number of carbonyl (C=O) groups excluding carboxylic acids is 2. The van der Waals surface area contributed by atoms with Crippen LogP contribution in [0.5, 0.6) is 0 Å². The summed E-state index contributed by atoms with van der Waals surface area (Å²) in [5, 5.41) is 16.9. The largest absolute Gasteiger partial charge is 0.389 e. The van der Waals surface area contributed by atoms with E-state index in [0.29, 0.717) is 12.1 Å². The summed E-state index contributed by atoms with van der Waals surface area (Å²) in [6, 6.07) is 0. The van der Waals surface area contributed by atoms with Gasteiger partial charge in [0.1, 0.15) is 5.71 Å². The molecule has 1 heterocycles. The number of hydrogen-bond acceptors (Lipinski definition) is 5. The molecule has 96 valence electrons. The molecule has 0 aromatic heterocycles. The van der Waals surface area contributed by atoms with Crippen molar-refractivity contribution in [2.45, 2.75) is 18.9 Å². The fourth-order valence-electron chi connectivity index (χ4n) is 1.40. The first-order valence-corrected chi connectivity index (χ1v) is 5.33. The highest BCUT2D eigenvalue weighted by atomic mass is 16.5. The molecule has 1 aliphatic heterocycles. The summed E-state index contributed by atoms with van der Waals surface area (Å²) in [6.07, 6.45) is -0.133. The third kappa shape index (κ3) is 4.12. The van der Waals surface area contributed by atoms with Crippen LogP contribution in [0, 0.1) is 0 Å². The van der Waals surface area contributed by atoms with Gasteiger partial charge < -0.3 is 15.2 Å². The molecule has 1 atom stereocenters. The number of hydrogen-bond donors (Lipinski definition) is 2. The van der Waals surface area contributed by atoms with Gasteiger partial charge in [-0.05, 0) is 0 Å². The topological polar surface area (TPSA) is 91.2 Å². The maximum atomic E-state index is 11.6. The minimum atomic E-state index is -0.743. The molecule has 0 aromatic rings. The van der Waals surface area contributed by atoms with Crippen LogP contribution >= 0.6 is 0 Å². The summed E-state index contributed by atoms with van der Waals surface area (Å²) in [5.74, 6) is -0.472. The van der Waals surface area contributed by atoms with E-state index in [1.165, 1.54) is 14.2 Å². The second-order valence-electron chi connectivity index (χ2n) is 3.78. The number of carbonyl (C=O) groups is 2. The SMILES string of the molecule is COCC(O)CNC(=O)C1=NN(C)C(=O)CC1. The van der Waals surface area contributed by atoms with E-state index in [0.717, 1.165) is 5.01 Å². The van der Waals surface area contributed by atoms with Gasteiger partial charge >= 0.3 is 0 Å². The van der Waals surface area contributed by atoms with E-state index in [2.05, 4.69) is 10.4 Å². The number of amides is 2. The molecule has 0 radical (unpaired) electrons. The Morgan fingerprint density at radius 2 is 2.35 bits per heavy atom. The standard InChI is InChI=1S/C10H17N3O4/c1-13-9(15)4-3-8(12-13)10(16)11-5-7(14)6-17-2/h7,14H,3-6H2,1-2H3,(H,11,16). The highest BCUT2D eigenvalue weighted by molar-refractivity contribution is 6.39. The number of nitrogens with zero attached hydrogens (tertiary/aromatic N) is 2. The highest BCUT2D eigenvalue weighted by Gasteiger charge is 2.22. The lowest BCUT2D eigenvalue weighted by molar-refractivity contribution is -0.130. The monoisotopic (exact) mass is 243 g/mol. The Balaban J connectivity index is 2.43. The van der Waals surface area contributed by atoms with Crippen molar-refractivity contribution in [3.05, 3.63) is 0 Å². The fraction of sp³-hybridized carbons (Fsp3) is 0.700. The van der Waals surface area contributed by atoms with Crippen molar-refractivity contribution in [1.29, 1.82) is 0 Å². The molecule has 0 aromatic carbocycles. The number of methoxy groups -OCH3 is 1. The first kappa shape index (κ1) is 13.6. The van der Waals surface area contributed by atoms with Gasteiger partial charge in [0.2, 0.25) is 5.91 Å². The van der Waals surface area contributed by atoms with Crippen LogP contribution < -0.4 is 5.32 Å². The Hall–Kier alpha value is -1.47. The van der Waals surface area contributed by atoms with E-state index < -0.39 is 6.10 Å². The van der Waals surface area contributed by atoms with Crippen LogP contribution in [0.2, 0.25) is 0 Å². The summed E-state index contributed by atoms with van der Waals surface area (Å²) < 4.78 is 4.73. The predicted octanol–water partition coefficient (Wildman–Crippen LogP) is -1.28. The maximum Gasteiger partial charge on any atom is 0.267 e. The van der Waals surface area contributed by atoms with E-state index in [1.54, 1.807) is 0 Å². The molecule has 0 fully saturated rings. The lowest BCUT2D eigenvalue weighted by Crippen LogP contribution is -2.41. The number of aliphatic hydroxyl groups is 1. The number of aliphatic hydroxyl groups excluding tert-OH is 1. The minimum absolute atomic E-state index is 0.101. The van der Waals surface area contributed by atoms with Gasteiger partial charge in [-0.15, -0.1) is 0 Å². The van der Waals surface area contributed by atoms with Crippen LogP contribution in [0.4, 0.5) is 0 Å². The molecule has 0 bridgehead atoms. The van der Waals surface area contributed by atoms with Crippen molar-refractivity contribution in [2.24, 2.45) is 5.10 Å². The average molecular weight is 243 g/mol. The van der Waals surface area contributed by atoms with Crippen LogP contribution in [0.1, 0.15) is 12.8 Å². The zero-order valence-electron chi connectivity index (χ0n) is 9.97. The third-order valence-electron chi connectivity index (χ3n) is 2.33. The van der Waals surface area contributed by atoms with Crippen LogP contribution in [-0.2, 0) is 14.3 Å². The van der Waals surface area contributed by atoms with Gasteiger partial charge in [0.25, 0.3) is 5.91 Å². The van der Waals surface area contributed by atoms with E-state index in [-0.39, 0.29) is 31.4 Å². The molecule has 0 aliphatic carbocycles. The molecule has 7 heteroatoms. The van der Waals surface area contributed by atoms with E-state index in [9.17, 15) is 14.7 Å². The van der Waals surface area contributed by atoms with Crippen LogP contribution in [-0.4, -0.2) is 61.1 Å². The van der Waals surface area contributed by atoms with Gasteiger partial charge in [-0.1, -0.05) is 0 Å². The lowest BCUT2D eigenvalue weighted by atomic mass is 10.1. The minimum Gasteiger partial charge on any atom is -0.389 e. The number of rotatable bonds is 5. The van der Waals surface area contributed by atoms with E-state index >= 15 is 0 Å². The molecular weight excluding hydrogens is 226 g/mol. The summed E-state index contributed by atoms with van der Waals surface area (Å²) in [4.78, 5) is 22.8. The van der Waals surface area contributed by atoms with Gasteiger partial charge in [0, 0.05) is 33.5 Å². The summed E-state index contributed by atoms with van der Waals surface area (Å²) in [6.45, 7) is 0.258. The molecule has 7 nitrogen and oxygen atoms in total. The van der Waals surface area contributed by atoms with Crippen molar-refractivity contribution >= 4 is 17.5 Å². The van der Waals surface area contributed by atoms with Crippen LogP contribution in [0.15, 0.2) is 5.10 Å². The molecule has 1 unspecified atom stereocenters. The van der Waals surface area contributed by atoms with Crippen molar-refractivity contribution in [3.63, 3.8) is 0 Å². The maximum absolute atomic E-state index is 11.6. The lowest BCUT2D eigenvalue weighted by Gasteiger charge is -2.19. The Morgan fingerprint density at radius 1 is 1.65 bits per heavy atom. The Morgan fingerprint density at radius 3 is 2.94 bits per heavy atom. The molecule has 1 rings (SSSR count). The first-order chi connectivity index (χ1) is 8.04. The smallest absolute Gasteiger partial charge is 0.267 e. The van der Waals surface area contributed by atoms with Gasteiger partial charge in [-0.2, -0.15) is 5.10 Å². The Labute approximate surface area is 99.4 Å². The number of ether oxygens (including phenoxy) is 1. The third-order valence-corrected chi connectivity index (χ3v) is 2.33. The Kier molecular flexibility index (Phi) is 5.05. The van der Waals surface area contributed by atoms with Crippen molar-refractivity contribution < 1.29 is 19.4 Å². The van der Waals surface area contributed by atoms with Gasteiger partial charge in [0.15, 0.2) is 0 Å². The second-order valence-corrected chi connectivity index (χ2v) is 3.78. The van der Waals surface area contributed by atoms with Gasteiger partial charge in [-0.3, -0.25) is 9.59 Å². The van der Waals surface area contributed by atoms with Crippen LogP contribution in [0.3, 0.4) is 0 Å². The quantitative estimate of drug-likeness (QED) is 0.629. The van der Waals surface area contributed by atoms with E-state index in [1.807, 2.05) is 0 Å². The zero-order valence-corrected chi connectivity index (χ0v) is 9.97. The van der Waals surface area contributed by atoms with Crippen molar-refractivity contribution in [1.82, 2.24) is 10.3 Å². The normalized spacial score (nSPS) is 17.7. The van der Waals surface area contributed by atoms with Crippen LogP contribution in [0.25, 0.3) is 0 Å². The second kappa shape index (κ2) is 6.31. The predicted molar refractivity (Wildman–Crippen MR) is 60.3 cm³/mol. The molecule has 17 heavy (non-hydrogen) atoms. The molecule has 2 N–H and O–H groups in total. The summed E-state index contributed by atoms with van der Waals surface area (Å²) in [5.41, 5.74) is 0.303.